The molecule has 3 N–H and O–H groups in total. The minimum atomic E-state index is -0.480. The Labute approximate surface area is 185 Å². The highest BCUT2D eigenvalue weighted by Crippen LogP contribution is 2.23. The summed E-state index contributed by atoms with van der Waals surface area (Å²) in [5.74, 6) is -0.736. The van der Waals surface area contributed by atoms with Crippen LogP contribution in [0.5, 0.6) is 0 Å². The number of Topliss-reactive ketones (excluding diaryl/α,β-unsaturated/α-hetero) is 1. The molecule has 1 atom stereocenters. The van der Waals surface area contributed by atoms with E-state index in [2.05, 4.69) is 10.3 Å². The largest absolute Gasteiger partial charge is 0.366 e. The Morgan fingerprint density at radius 2 is 1.71 bits per heavy atom. The lowest BCUT2D eigenvalue weighted by Gasteiger charge is -2.17. The molecule has 0 radical (unpaired) electrons. The molecule has 2 aromatic carbocycles. The number of carbonyl (C=O) groups is 3. The minimum Gasteiger partial charge on any atom is -0.366 e. The number of rotatable bonds is 10. The average molecular weight is 436 g/mol. The summed E-state index contributed by atoms with van der Waals surface area (Å²) in [6.45, 7) is 2.03. The van der Waals surface area contributed by atoms with E-state index >= 15 is 0 Å². The van der Waals surface area contributed by atoms with Crippen molar-refractivity contribution in [1.82, 2.24) is 10.3 Å². The van der Waals surface area contributed by atoms with Gasteiger partial charge in [-0.1, -0.05) is 49.4 Å². The maximum absolute atomic E-state index is 12.6. The predicted octanol–water partition coefficient (Wildman–Crippen LogP) is 3.87. The van der Waals surface area contributed by atoms with Crippen molar-refractivity contribution in [1.29, 1.82) is 0 Å². The van der Waals surface area contributed by atoms with Gasteiger partial charge in [0.15, 0.2) is 5.78 Å². The van der Waals surface area contributed by atoms with Gasteiger partial charge in [-0.05, 0) is 30.5 Å². The first-order valence-corrected chi connectivity index (χ1v) is 11.0. The van der Waals surface area contributed by atoms with Gasteiger partial charge in [-0.25, -0.2) is 4.98 Å². The van der Waals surface area contributed by atoms with Gasteiger partial charge in [0.25, 0.3) is 0 Å². The summed E-state index contributed by atoms with van der Waals surface area (Å²) in [7, 11) is 0. The molecule has 6 nitrogen and oxygen atoms in total. The van der Waals surface area contributed by atoms with Gasteiger partial charge in [0.1, 0.15) is 5.01 Å². The third-order valence-corrected chi connectivity index (χ3v) is 5.93. The fraction of sp³-hybridized carbons (Fsp3) is 0.250. The normalized spacial score (nSPS) is 11.6. The van der Waals surface area contributed by atoms with E-state index in [1.807, 2.05) is 30.5 Å². The van der Waals surface area contributed by atoms with E-state index in [0.717, 1.165) is 22.7 Å². The summed E-state index contributed by atoms with van der Waals surface area (Å²) in [5.41, 5.74) is 8.27. The molecule has 0 aliphatic heterocycles. The highest BCUT2D eigenvalue weighted by Gasteiger charge is 2.20. The zero-order valence-corrected chi connectivity index (χ0v) is 18.2. The monoisotopic (exact) mass is 435 g/mol. The van der Waals surface area contributed by atoms with Gasteiger partial charge in [-0.15, -0.1) is 11.3 Å². The molecule has 2 amide bonds. The lowest BCUT2D eigenvalue weighted by Crippen LogP contribution is -2.30. The van der Waals surface area contributed by atoms with E-state index in [1.165, 1.54) is 11.3 Å². The van der Waals surface area contributed by atoms with Crippen LogP contribution in [0.3, 0.4) is 0 Å². The number of nitrogens with zero attached hydrogens (tertiary/aromatic N) is 1. The van der Waals surface area contributed by atoms with Crippen molar-refractivity contribution in [3.8, 4) is 0 Å². The Morgan fingerprint density at radius 1 is 1.00 bits per heavy atom. The van der Waals surface area contributed by atoms with Gasteiger partial charge in [0, 0.05) is 29.3 Å². The summed E-state index contributed by atoms with van der Waals surface area (Å²) < 4.78 is 0. The van der Waals surface area contributed by atoms with Crippen molar-refractivity contribution in [3.05, 3.63) is 87.4 Å². The second-order valence-electron chi connectivity index (χ2n) is 7.21. The molecule has 7 heteroatoms. The molecule has 160 valence electrons. The van der Waals surface area contributed by atoms with E-state index in [0.29, 0.717) is 17.5 Å². The van der Waals surface area contributed by atoms with E-state index in [4.69, 9.17) is 5.73 Å². The SMILES string of the molecule is CCc1csc(C(Cc2ccc(C(N)=O)cc2)NC(=O)CCC(=O)c2ccccc2)n1. The number of aromatic nitrogens is 1. The van der Waals surface area contributed by atoms with E-state index in [9.17, 15) is 14.4 Å². The zero-order valence-electron chi connectivity index (χ0n) is 17.3. The molecule has 0 aliphatic rings. The number of hydrogen-bond acceptors (Lipinski definition) is 5. The maximum atomic E-state index is 12.6. The molecule has 31 heavy (non-hydrogen) atoms. The van der Waals surface area contributed by atoms with Crippen molar-refractivity contribution in [2.24, 2.45) is 5.73 Å². The smallest absolute Gasteiger partial charge is 0.248 e. The first kappa shape index (κ1) is 22.4. The van der Waals surface area contributed by atoms with Crippen molar-refractivity contribution in [3.63, 3.8) is 0 Å². The summed E-state index contributed by atoms with van der Waals surface area (Å²) in [4.78, 5) is 40.8. The van der Waals surface area contributed by atoms with Crippen LogP contribution >= 0.6 is 11.3 Å². The van der Waals surface area contributed by atoms with Gasteiger partial charge >= 0.3 is 0 Å². The zero-order chi connectivity index (χ0) is 22.2. The van der Waals surface area contributed by atoms with Crippen molar-refractivity contribution >= 4 is 28.9 Å². The van der Waals surface area contributed by atoms with Crippen LogP contribution in [-0.2, 0) is 17.6 Å². The molecule has 3 rings (SSSR count). The number of benzene rings is 2. The van der Waals surface area contributed by atoms with Crippen molar-refractivity contribution in [2.75, 3.05) is 0 Å². The fourth-order valence-electron chi connectivity index (χ4n) is 3.15. The van der Waals surface area contributed by atoms with Crippen LogP contribution in [0.1, 0.15) is 62.8 Å². The van der Waals surface area contributed by atoms with Crippen LogP contribution in [0.2, 0.25) is 0 Å². The second kappa shape index (κ2) is 10.6. The molecule has 0 fully saturated rings. The molecule has 1 aromatic heterocycles. The summed E-state index contributed by atoms with van der Waals surface area (Å²) in [5, 5.41) is 5.84. The number of carbonyl (C=O) groups excluding carboxylic acids is 3. The van der Waals surface area contributed by atoms with Gasteiger partial charge in [-0.2, -0.15) is 0 Å². The molecule has 1 unspecified atom stereocenters. The molecule has 0 saturated heterocycles. The van der Waals surface area contributed by atoms with Crippen LogP contribution in [0.15, 0.2) is 60.0 Å². The van der Waals surface area contributed by atoms with Crippen molar-refractivity contribution < 1.29 is 14.4 Å². The first-order chi connectivity index (χ1) is 15.0. The molecule has 3 aromatic rings. The Morgan fingerprint density at radius 3 is 2.32 bits per heavy atom. The van der Waals surface area contributed by atoms with Crippen LogP contribution in [0, 0.1) is 0 Å². The van der Waals surface area contributed by atoms with Crippen LogP contribution < -0.4 is 11.1 Å². The van der Waals surface area contributed by atoms with Gasteiger partial charge in [-0.3, -0.25) is 14.4 Å². The number of thiazole rings is 1. The molecule has 1 heterocycles. The van der Waals surface area contributed by atoms with Crippen molar-refractivity contribution in [2.45, 2.75) is 38.6 Å². The standard InChI is InChI=1S/C24H25N3O3S/c1-2-19-15-31-24(26-19)20(14-16-8-10-18(11-9-16)23(25)30)27-22(29)13-12-21(28)17-6-4-3-5-7-17/h3-11,15,20H,2,12-14H2,1H3,(H2,25,30)(H,27,29). The Kier molecular flexibility index (Phi) is 7.67. The van der Waals surface area contributed by atoms with E-state index in [-0.39, 0.29) is 30.6 Å². The Bertz CT molecular complexity index is 1050. The minimum absolute atomic E-state index is 0.0585. The molecule has 0 saturated carbocycles. The number of nitrogens with two attached hydrogens (primary N) is 1. The lowest BCUT2D eigenvalue weighted by atomic mass is 10.0. The topological polar surface area (TPSA) is 102 Å². The summed E-state index contributed by atoms with van der Waals surface area (Å²) in [6, 6.07) is 15.6. The number of primary amides is 1. The lowest BCUT2D eigenvalue weighted by molar-refractivity contribution is -0.121. The number of hydrogen-bond donors (Lipinski definition) is 2. The van der Waals surface area contributed by atoms with Gasteiger partial charge < -0.3 is 11.1 Å². The third kappa shape index (κ3) is 6.33. The fourth-order valence-corrected chi connectivity index (χ4v) is 4.10. The average Bonchev–Trinajstić information content (AvgIpc) is 3.27. The van der Waals surface area contributed by atoms with Crippen LogP contribution in [0.4, 0.5) is 0 Å². The quantitative estimate of drug-likeness (QED) is 0.472. The molecule has 0 bridgehead atoms. The second-order valence-corrected chi connectivity index (χ2v) is 8.09. The molecule has 0 aliphatic carbocycles. The maximum Gasteiger partial charge on any atom is 0.248 e. The highest BCUT2D eigenvalue weighted by atomic mass is 32.1. The summed E-state index contributed by atoms with van der Waals surface area (Å²) >= 11 is 1.51. The molecular weight excluding hydrogens is 410 g/mol. The van der Waals surface area contributed by atoms with Gasteiger partial charge in [0.05, 0.1) is 11.7 Å². The summed E-state index contributed by atoms with van der Waals surface area (Å²) in [6.07, 6.45) is 1.59. The highest BCUT2D eigenvalue weighted by molar-refractivity contribution is 7.09. The molecular formula is C24H25N3O3S. The van der Waals surface area contributed by atoms with Crippen LogP contribution in [-0.4, -0.2) is 22.6 Å². The number of ketones is 1. The van der Waals surface area contributed by atoms with E-state index in [1.54, 1.807) is 36.4 Å². The Balaban J connectivity index is 1.68. The number of aryl methyl sites for hydroxylation is 1. The first-order valence-electron chi connectivity index (χ1n) is 10.2. The van der Waals surface area contributed by atoms with E-state index < -0.39 is 5.91 Å². The Hall–Kier alpha value is -3.32. The number of nitrogens with one attached hydrogen (secondary N) is 1. The predicted molar refractivity (Wildman–Crippen MR) is 121 cm³/mol. The van der Waals surface area contributed by atoms with Crippen LogP contribution in [0.25, 0.3) is 0 Å². The third-order valence-electron chi connectivity index (χ3n) is 4.92. The molecule has 0 spiro atoms. The number of amides is 2. The van der Waals surface area contributed by atoms with Gasteiger partial charge in [0.2, 0.25) is 11.8 Å².